The summed E-state index contributed by atoms with van der Waals surface area (Å²) in [5.41, 5.74) is 0.741. The number of terminal acetylenes is 1. The highest BCUT2D eigenvalue weighted by Crippen LogP contribution is 2.21. The minimum Gasteiger partial charge on any atom is -0.347 e. The van der Waals surface area contributed by atoms with Crippen LogP contribution in [0, 0.1) is 12.3 Å². The monoisotopic (exact) mass is 166 g/mol. The van der Waals surface area contributed by atoms with Crippen molar-refractivity contribution in [1.29, 1.82) is 0 Å². The zero-order chi connectivity index (χ0) is 8.27. The van der Waals surface area contributed by atoms with Gasteiger partial charge in [0.1, 0.15) is 0 Å². The van der Waals surface area contributed by atoms with Crippen LogP contribution in [0.2, 0.25) is 0 Å². The predicted octanol–water partition coefficient (Wildman–Crippen LogP) is 0.590. The first-order valence-electron chi connectivity index (χ1n) is 2.98. The van der Waals surface area contributed by atoms with Gasteiger partial charge in [0.15, 0.2) is 8.38 Å². The summed E-state index contributed by atoms with van der Waals surface area (Å²) in [6, 6.07) is 6.58. The lowest BCUT2D eigenvalue weighted by molar-refractivity contribution is 0.497. The molecule has 0 amide bonds. The van der Waals surface area contributed by atoms with Crippen molar-refractivity contribution in [3.05, 3.63) is 29.8 Å². The van der Waals surface area contributed by atoms with E-state index in [-0.39, 0.29) is 0 Å². The van der Waals surface area contributed by atoms with Gasteiger partial charge in [-0.2, -0.15) is 0 Å². The van der Waals surface area contributed by atoms with Crippen molar-refractivity contribution in [3.8, 4) is 12.3 Å². The van der Waals surface area contributed by atoms with E-state index in [0.29, 0.717) is 5.30 Å². The second-order valence-corrected chi connectivity index (χ2v) is 3.08. The van der Waals surface area contributed by atoms with Crippen molar-refractivity contribution in [2.75, 3.05) is 0 Å². The summed E-state index contributed by atoms with van der Waals surface area (Å²) in [4.78, 5) is 17.5. The summed E-state index contributed by atoms with van der Waals surface area (Å²) in [6.45, 7) is 0. The first-order valence-corrected chi connectivity index (χ1v) is 4.23. The Morgan fingerprint density at radius 2 is 1.73 bits per heavy atom. The lowest BCUT2D eigenvalue weighted by Gasteiger charge is -2.00. The van der Waals surface area contributed by atoms with Crippen LogP contribution < -0.4 is 5.30 Å². The predicted molar refractivity (Wildman–Crippen MR) is 45.4 cm³/mol. The Bertz CT molecular complexity index is 271. The molecule has 1 aromatic rings. The molecule has 0 aliphatic heterocycles. The fourth-order valence-electron chi connectivity index (χ4n) is 0.691. The summed E-state index contributed by atoms with van der Waals surface area (Å²) >= 11 is 0. The van der Waals surface area contributed by atoms with E-state index in [9.17, 15) is 0 Å². The van der Waals surface area contributed by atoms with Gasteiger partial charge in [0.05, 0.1) is 0 Å². The van der Waals surface area contributed by atoms with Crippen molar-refractivity contribution in [2.24, 2.45) is 0 Å². The van der Waals surface area contributed by atoms with E-state index in [1.54, 1.807) is 24.3 Å². The van der Waals surface area contributed by atoms with Gasteiger partial charge < -0.3 is 9.79 Å². The maximum absolute atomic E-state index is 8.76. The number of hydrogen-bond donors (Lipinski definition) is 2. The fraction of sp³-hybridized carbons (Fsp3) is 0. The van der Waals surface area contributed by atoms with Gasteiger partial charge in [0, 0.05) is 10.9 Å². The van der Waals surface area contributed by atoms with Gasteiger partial charge in [0.25, 0.3) is 0 Å². The first-order chi connectivity index (χ1) is 5.24. The Morgan fingerprint density at radius 3 is 2.09 bits per heavy atom. The highest BCUT2D eigenvalue weighted by atomic mass is 31.2. The Balaban J connectivity index is 2.94. The average molecular weight is 166 g/mol. The van der Waals surface area contributed by atoms with Gasteiger partial charge in [-0.3, -0.25) is 0 Å². The van der Waals surface area contributed by atoms with Gasteiger partial charge in [0.2, 0.25) is 0 Å². The largest absolute Gasteiger partial charge is 0.347 e. The molecule has 0 spiro atoms. The Hall–Kier alpha value is -0.870. The van der Waals surface area contributed by atoms with Gasteiger partial charge in [-0.1, -0.05) is 5.92 Å². The van der Waals surface area contributed by atoms with E-state index in [2.05, 4.69) is 5.92 Å². The van der Waals surface area contributed by atoms with Crippen LogP contribution in [0.15, 0.2) is 24.3 Å². The molecule has 0 saturated heterocycles. The molecule has 11 heavy (non-hydrogen) atoms. The van der Waals surface area contributed by atoms with Crippen LogP contribution in [-0.2, 0) is 0 Å². The molecule has 0 unspecified atom stereocenters. The van der Waals surface area contributed by atoms with Gasteiger partial charge >= 0.3 is 0 Å². The molecule has 0 aliphatic carbocycles. The summed E-state index contributed by atoms with van der Waals surface area (Å²) in [6.07, 6.45) is 5.11. The third-order valence-corrected chi connectivity index (χ3v) is 2.02. The van der Waals surface area contributed by atoms with Crippen LogP contribution in [0.4, 0.5) is 0 Å². The third-order valence-electron chi connectivity index (χ3n) is 1.26. The number of rotatable bonds is 1. The van der Waals surface area contributed by atoms with Crippen molar-refractivity contribution in [1.82, 2.24) is 0 Å². The lowest BCUT2D eigenvalue weighted by atomic mass is 10.2. The van der Waals surface area contributed by atoms with Crippen LogP contribution >= 0.6 is 8.38 Å². The number of benzene rings is 1. The molecule has 1 aromatic carbocycles. The molecular weight excluding hydrogens is 159 g/mol. The Morgan fingerprint density at radius 1 is 1.18 bits per heavy atom. The topological polar surface area (TPSA) is 40.5 Å². The van der Waals surface area contributed by atoms with Gasteiger partial charge in [-0.25, -0.2) is 0 Å². The van der Waals surface area contributed by atoms with Crippen LogP contribution in [0.3, 0.4) is 0 Å². The zero-order valence-electron chi connectivity index (χ0n) is 5.73. The molecular formula is C8H7O2P. The summed E-state index contributed by atoms with van der Waals surface area (Å²) in [5, 5.41) is 0.513. The molecule has 0 heterocycles. The number of hydrogen-bond acceptors (Lipinski definition) is 2. The molecule has 0 atom stereocenters. The highest BCUT2D eigenvalue weighted by Gasteiger charge is 2.00. The molecule has 0 radical (unpaired) electrons. The summed E-state index contributed by atoms with van der Waals surface area (Å²) in [7, 11) is -1.98. The van der Waals surface area contributed by atoms with Gasteiger partial charge in [-0.05, 0) is 24.3 Å². The molecule has 56 valence electrons. The molecule has 3 heteroatoms. The Kier molecular flexibility index (Phi) is 2.62. The fourth-order valence-corrected chi connectivity index (χ4v) is 1.11. The van der Waals surface area contributed by atoms with Crippen molar-refractivity contribution in [2.45, 2.75) is 0 Å². The molecule has 2 nitrogen and oxygen atoms in total. The smallest absolute Gasteiger partial charge is 0.199 e. The Labute approximate surface area is 66.4 Å². The summed E-state index contributed by atoms with van der Waals surface area (Å²) in [5.74, 6) is 2.44. The molecule has 0 bridgehead atoms. The van der Waals surface area contributed by atoms with E-state index >= 15 is 0 Å². The maximum Gasteiger partial charge on any atom is 0.199 e. The standard InChI is InChI=1S/C8H7O2P/c1-2-7-3-5-8(6-4-7)11(9)10/h1,3-6,9-10H. The lowest BCUT2D eigenvalue weighted by Crippen LogP contribution is -1.97. The van der Waals surface area contributed by atoms with Crippen LogP contribution in [0.1, 0.15) is 5.56 Å². The highest BCUT2D eigenvalue weighted by molar-refractivity contribution is 7.54. The van der Waals surface area contributed by atoms with E-state index in [1.807, 2.05) is 0 Å². The van der Waals surface area contributed by atoms with Crippen molar-refractivity contribution >= 4 is 13.7 Å². The second kappa shape index (κ2) is 3.50. The maximum atomic E-state index is 8.76. The SMILES string of the molecule is C#Cc1ccc(P(O)O)cc1. The molecule has 2 N–H and O–H groups in total. The quantitative estimate of drug-likeness (QED) is 0.473. The minimum atomic E-state index is -1.98. The van der Waals surface area contributed by atoms with Gasteiger partial charge in [-0.15, -0.1) is 6.42 Å². The molecule has 0 saturated carbocycles. The zero-order valence-corrected chi connectivity index (χ0v) is 6.62. The van der Waals surface area contributed by atoms with E-state index in [4.69, 9.17) is 16.2 Å². The second-order valence-electron chi connectivity index (χ2n) is 1.98. The van der Waals surface area contributed by atoms with Crippen LogP contribution in [0.25, 0.3) is 0 Å². The van der Waals surface area contributed by atoms with Crippen LogP contribution in [0.5, 0.6) is 0 Å². The summed E-state index contributed by atoms with van der Waals surface area (Å²) < 4.78 is 0. The molecule has 0 aliphatic rings. The van der Waals surface area contributed by atoms with Crippen molar-refractivity contribution in [3.63, 3.8) is 0 Å². The molecule has 0 fully saturated rings. The normalized spacial score (nSPS) is 9.64. The average Bonchev–Trinajstić information content (AvgIpc) is 2.05. The van der Waals surface area contributed by atoms with E-state index < -0.39 is 8.38 Å². The van der Waals surface area contributed by atoms with Crippen molar-refractivity contribution < 1.29 is 9.79 Å². The van der Waals surface area contributed by atoms with Crippen LogP contribution in [-0.4, -0.2) is 9.79 Å². The van der Waals surface area contributed by atoms with E-state index in [0.717, 1.165) is 5.56 Å². The third kappa shape index (κ3) is 2.03. The molecule has 0 aromatic heterocycles. The minimum absolute atomic E-state index is 0.513. The molecule has 1 rings (SSSR count). The first kappa shape index (κ1) is 8.23. The van der Waals surface area contributed by atoms with E-state index in [1.165, 1.54) is 0 Å².